The van der Waals surface area contributed by atoms with Crippen molar-refractivity contribution in [3.8, 4) is 92.6 Å². The van der Waals surface area contributed by atoms with Crippen LogP contribution >= 0.6 is 0 Å². The first kappa shape index (κ1) is 57.6. The van der Waals surface area contributed by atoms with Crippen LogP contribution in [0.3, 0.4) is 0 Å². The van der Waals surface area contributed by atoms with Crippen LogP contribution in [0, 0.1) is 103 Å². The second-order valence-corrected chi connectivity index (χ2v) is 23.9. The molecule has 410 valence electrons. The molecule has 0 spiro atoms. The third-order valence-corrected chi connectivity index (χ3v) is 15.6. The highest BCUT2D eigenvalue weighted by atomic mass is 16.5. The van der Waals surface area contributed by atoms with Crippen molar-refractivity contribution >= 4 is 21.5 Å². The van der Waals surface area contributed by atoms with E-state index < -0.39 is 0 Å². The van der Waals surface area contributed by atoms with E-state index in [1.807, 2.05) is 0 Å². The zero-order valence-corrected chi connectivity index (χ0v) is 51.2. The van der Waals surface area contributed by atoms with Gasteiger partial charge in [-0.2, -0.15) is 0 Å². The van der Waals surface area contributed by atoms with Crippen LogP contribution < -0.4 is 18.9 Å². The van der Waals surface area contributed by atoms with Gasteiger partial charge >= 0.3 is 0 Å². The molecule has 0 N–H and O–H groups in total. The van der Waals surface area contributed by atoms with Crippen LogP contribution in [0.15, 0.2) is 121 Å². The maximum Gasteiger partial charge on any atom is 0.119 e. The summed E-state index contributed by atoms with van der Waals surface area (Å²) in [4.78, 5) is 0. The van der Waals surface area contributed by atoms with Gasteiger partial charge in [-0.25, -0.2) is 0 Å². The quantitative estimate of drug-likeness (QED) is 0.123. The van der Waals surface area contributed by atoms with E-state index in [0.717, 1.165) is 167 Å². The number of hydrogen-bond acceptors (Lipinski definition) is 4. The smallest absolute Gasteiger partial charge is 0.119 e. The minimum absolute atomic E-state index is 0.178. The van der Waals surface area contributed by atoms with Crippen molar-refractivity contribution in [2.75, 3.05) is 28.4 Å². The van der Waals surface area contributed by atoms with Crippen molar-refractivity contribution in [3.05, 3.63) is 221 Å². The summed E-state index contributed by atoms with van der Waals surface area (Å²) in [7, 11) is 6.82. The molecule has 0 radical (unpaired) electrons. The molecule has 0 amide bonds. The fraction of sp³-hybridized carbons (Fsp3) is 0.256. The molecule has 9 aromatic carbocycles. The number of fused-ring (bicyclic) bond motifs is 2. The number of hydrogen-bond donors (Lipinski definition) is 0. The Bertz CT molecular complexity index is 3760. The number of ether oxygens (including phenoxy) is 4. The molecule has 0 aliphatic carbocycles. The lowest BCUT2D eigenvalue weighted by molar-refractivity contribution is 0.414. The largest absolute Gasteiger partial charge is 0.497 e. The van der Waals surface area contributed by atoms with E-state index in [9.17, 15) is 0 Å². The van der Waals surface area contributed by atoms with Gasteiger partial charge in [0.05, 0.1) is 28.4 Å². The third kappa shape index (κ3) is 12.2. The molecule has 4 heteroatoms. The molecule has 0 fully saturated rings. The Morgan fingerprint density at radius 2 is 0.500 bits per heavy atom. The number of methoxy groups -OCH3 is 4. The Morgan fingerprint density at radius 3 is 0.707 bits per heavy atom. The highest BCUT2D eigenvalue weighted by molar-refractivity contribution is 6.02. The van der Waals surface area contributed by atoms with Crippen molar-refractivity contribution < 1.29 is 18.9 Å². The first-order chi connectivity index (χ1) is 39.0. The number of aryl methyl sites for hydroxylation is 8. The molecule has 0 aliphatic heterocycles. The van der Waals surface area contributed by atoms with Crippen LogP contribution in [0.4, 0.5) is 0 Å². The van der Waals surface area contributed by atoms with E-state index >= 15 is 0 Å². The van der Waals surface area contributed by atoms with E-state index in [0.29, 0.717) is 0 Å². The van der Waals surface area contributed by atoms with Crippen LogP contribution in [-0.2, 0) is 10.8 Å². The van der Waals surface area contributed by atoms with Crippen LogP contribution in [0.5, 0.6) is 23.0 Å². The molecular weight excluding hydrogens is 1000 g/mol. The molecule has 0 unspecified atom stereocenters. The van der Waals surface area contributed by atoms with E-state index in [4.69, 9.17) is 18.9 Å². The van der Waals surface area contributed by atoms with E-state index in [1.165, 1.54) is 0 Å². The zero-order chi connectivity index (χ0) is 58.9. The van der Waals surface area contributed by atoms with Crippen LogP contribution in [-0.4, -0.2) is 28.4 Å². The van der Waals surface area contributed by atoms with Crippen LogP contribution in [0.25, 0.3) is 43.8 Å². The lowest BCUT2D eigenvalue weighted by atomic mass is 9.81. The van der Waals surface area contributed by atoms with E-state index in [-0.39, 0.29) is 10.8 Å². The van der Waals surface area contributed by atoms with Crippen molar-refractivity contribution in [3.63, 3.8) is 0 Å². The van der Waals surface area contributed by atoms with E-state index in [2.05, 4.69) is 266 Å². The SMILES string of the molecule is COc1cc(C)c(C#Cc2cc(C(C)(C)C)cc(C#Cc3c(C)cc(OC)cc3C)c2-c2ccc3cc4cc(-c5c(C#Cc6c(C)cc(OC)cc6C)cc(C(C)(C)C)cc5C#Cc5c(C)cc(OC)cc5C)ccc4cc3c2)c(C)c1. The first-order valence-electron chi connectivity index (χ1n) is 28.0. The predicted molar refractivity (Wildman–Crippen MR) is 344 cm³/mol. The van der Waals surface area contributed by atoms with Gasteiger partial charge in [0.1, 0.15) is 23.0 Å². The first-order valence-corrected chi connectivity index (χ1v) is 28.0. The lowest BCUT2D eigenvalue weighted by Gasteiger charge is -2.22. The van der Waals surface area contributed by atoms with E-state index in [1.54, 1.807) is 28.4 Å². The molecular formula is C78H74O4. The summed E-state index contributed by atoms with van der Waals surface area (Å²) in [5.74, 6) is 32.6. The average molecular weight is 1080 g/mol. The monoisotopic (exact) mass is 1070 g/mol. The second kappa shape index (κ2) is 23.2. The minimum Gasteiger partial charge on any atom is -0.497 e. The van der Waals surface area contributed by atoms with Gasteiger partial charge in [0.2, 0.25) is 0 Å². The maximum absolute atomic E-state index is 5.63. The van der Waals surface area contributed by atoms with Crippen LogP contribution in [0.1, 0.15) is 142 Å². The van der Waals surface area contributed by atoms with Crippen molar-refractivity contribution in [2.45, 2.75) is 108 Å². The fourth-order valence-electron chi connectivity index (χ4n) is 10.9. The summed E-state index contributed by atoms with van der Waals surface area (Å²) in [6.45, 7) is 30.2. The summed E-state index contributed by atoms with van der Waals surface area (Å²) in [6.07, 6.45) is 0. The van der Waals surface area contributed by atoms with Gasteiger partial charge in [-0.05, 0) is 252 Å². The van der Waals surface area contributed by atoms with Gasteiger partial charge in [-0.1, -0.05) is 113 Å². The Kier molecular flexibility index (Phi) is 16.3. The average Bonchev–Trinajstić information content (AvgIpc) is 3.61. The molecule has 0 aliphatic rings. The summed E-state index contributed by atoms with van der Waals surface area (Å²) < 4.78 is 22.5. The van der Waals surface area contributed by atoms with Gasteiger partial charge in [0, 0.05) is 55.6 Å². The molecule has 0 bridgehead atoms. The molecule has 0 saturated carbocycles. The van der Waals surface area contributed by atoms with Gasteiger partial charge < -0.3 is 18.9 Å². The standard InChI is InChI=1S/C78H74O4/c1-47-31-67(79-15)32-48(2)71(47)27-23-59-43-65(77(9,10)11)44-60(24-28-72-49(3)33-68(80-16)34-50(72)4)75(59)57-21-19-55-40-64-42-58(22-20-56(64)39-63(55)41-57)76-61(25-29-73-51(5)35-69(81-17)36-52(73)6)45-66(78(12,13)14)46-62(76)26-30-74-53(7)37-70(82-18)38-54(74)8/h19-22,31-46H,1-18H3. The summed E-state index contributed by atoms with van der Waals surface area (Å²) in [5, 5.41) is 4.46. The predicted octanol–water partition coefficient (Wildman–Crippen LogP) is 18.0. The summed E-state index contributed by atoms with van der Waals surface area (Å²) in [5.41, 5.74) is 22.2. The summed E-state index contributed by atoms with van der Waals surface area (Å²) >= 11 is 0. The number of rotatable bonds is 6. The fourth-order valence-corrected chi connectivity index (χ4v) is 10.9. The topological polar surface area (TPSA) is 36.9 Å². The molecule has 0 heterocycles. The molecule has 9 aromatic rings. The Morgan fingerprint density at radius 1 is 0.268 bits per heavy atom. The minimum atomic E-state index is -0.178. The Balaban J connectivity index is 1.26. The van der Waals surface area contributed by atoms with Crippen LogP contribution in [0.2, 0.25) is 0 Å². The molecule has 9 rings (SSSR count). The molecule has 4 nitrogen and oxygen atoms in total. The van der Waals surface area contributed by atoms with Crippen molar-refractivity contribution in [1.82, 2.24) is 0 Å². The molecule has 0 saturated heterocycles. The van der Waals surface area contributed by atoms with Crippen molar-refractivity contribution in [2.24, 2.45) is 0 Å². The molecule has 0 atom stereocenters. The maximum atomic E-state index is 5.63. The van der Waals surface area contributed by atoms with Gasteiger partial charge in [-0.3, -0.25) is 0 Å². The Hall–Kier alpha value is -9.06. The zero-order valence-electron chi connectivity index (χ0n) is 51.2. The van der Waals surface area contributed by atoms with Gasteiger partial charge in [0.25, 0.3) is 0 Å². The van der Waals surface area contributed by atoms with Gasteiger partial charge in [-0.15, -0.1) is 0 Å². The number of benzene rings is 9. The molecule has 0 aromatic heterocycles. The lowest BCUT2D eigenvalue weighted by Crippen LogP contribution is -2.12. The molecule has 82 heavy (non-hydrogen) atoms. The Labute approximate surface area is 488 Å². The summed E-state index contributed by atoms with van der Waals surface area (Å²) in [6, 6.07) is 43.6. The third-order valence-electron chi connectivity index (χ3n) is 15.6. The van der Waals surface area contributed by atoms with Crippen molar-refractivity contribution in [1.29, 1.82) is 0 Å². The highest BCUT2D eigenvalue weighted by Crippen LogP contribution is 2.39. The highest BCUT2D eigenvalue weighted by Gasteiger charge is 2.22. The second-order valence-electron chi connectivity index (χ2n) is 23.9. The van der Waals surface area contributed by atoms with Gasteiger partial charge in [0.15, 0.2) is 0 Å². The normalized spacial score (nSPS) is 11.1.